The number of aryl methyl sites for hydroxylation is 1. The van der Waals surface area contributed by atoms with E-state index in [2.05, 4.69) is 13.8 Å². The molecular formula is C14H19ClO3. The molecule has 0 aliphatic carbocycles. The Morgan fingerprint density at radius 2 is 2.06 bits per heavy atom. The van der Waals surface area contributed by atoms with Crippen LogP contribution in [0.4, 0.5) is 0 Å². The Labute approximate surface area is 113 Å². The number of hydrogen-bond acceptors (Lipinski definition) is 3. The molecule has 0 atom stereocenters. The smallest absolute Gasteiger partial charge is 0.344 e. The van der Waals surface area contributed by atoms with E-state index in [1.165, 1.54) is 0 Å². The summed E-state index contributed by atoms with van der Waals surface area (Å²) in [6.45, 7) is 8.07. The Morgan fingerprint density at radius 1 is 1.39 bits per heavy atom. The Morgan fingerprint density at radius 3 is 2.61 bits per heavy atom. The molecule has 0 unspecified atom stereocenters. The van der Waals surface area contributed by atoms with E-state index < -0.39 is 0 Å². The molecule has 0 aromatic heterocycles. The highest BCUT2D eigenvalue weighted by Crippen LogP contribution is 2.31. The summed E-state index contributed by atoms with van der Waals surface area (Å²) in [4.78, 5) is 11.2. The molecule has 1 aromatic rings. The molecule has 18 heavy (non-hydrogen) atoms. The monoisotopic (exact) mass is 270 g/mol. The van der Waals surface area contributed by atoms with Crippen molar-refractivity contribution in [1.29, 1.82) is 0 Å². The van der Waals surface area contributed by atoms with E-state index in [1.807, 2.05) is 19.1 Å². The van der Waals surface area contributed by atoms with E-state index in [9.17, 15) is 4.79 Å². The Kier molecular flexibility index (Phi) is 5.48. The molecule has 0 radical (unpaired) electrons. The zero-order valence-electron chi connectivity index (χ0n) is 11.2. The van der Waals surface area contributed by atoms with Crippen LogP contribution in [0.3, 0.4) is 0 Å². The van der Waals surface area contributed by atoms with Crippen molar-refractivity contribution >= 4 is 17.6 Å². The highest BCUT2D eigenvalue weighted by atomic mass is 35.5. The second kappa shape index (κ2) is 6.64. The third kappa shape index (κ3) is 3.91. The fourth-order valence-corrected chi connectivity index (χ4v) is 2.04. The first-order chi connectivity index (χ1) is 8.45. The van der Waals surface area contributed by atoms with Crippen molar-refractivity contribution in [3.05, 3.63) is 28.3 Å². The van der Waals surface area contributed by atoms with Gasteiger partial charge in [-0.15, -0.1) is 0 Å². The molecule has 0 aliphatic rings. The fraction of sp³-hybridized carbons (Fsp3) is 0.500. The van der Waals surface area contributed by atoms with Gasteiger partial charge in [0.05, 0.1) is 6.61 Å². The van der Waals surface area contributed by atoms with Gasteiger partial charge in [-0.3, -0.25) is 0 Å². The molecule has 0 heterocycles. The van der Waals surface area contributed by atoms with Crippen molar-refractivity contribution < 1.29 is 14.3 Å². The van der Waals surface area contributed by atoms with E-state index in [1.54, 1.807) is 6.92 Å². The highest BCUT2D eigenvalue weighted by Gasteiger charge is 2.11. The molecule has 0 N–H and O–H groups in total. The maximum Gasteiger partial charge on any atom is 0.344 e. The van der Waals surface area contributed by atoms with Gasteiger partial charge >= 0.3 is 5.97 Å². The fourth-order valence-electron chi connectivity index (χ4n) is 1.61. The Bertz CT molecular complexity index is 427. The number of benzene rings is 1. The third-order valence-electron chi connectivity index (χ3n) is 2.57. The summed E-state index contributed by atoms with van der Waals surface area (Å²) in [5.74, 6) is 0.622. The molecule has 0 fully saturated rings. The number of rotatable bonds is 5. The second-order valence-electron chi connectivity index (χ2n) is 4.39. The first-order valence-electron chi connectivity index (χ1n) is 6.04. The second-order valence-corrected chi connectivity index (χ2v) is 4.79. The third-order valence-corrected chi connectivity index (χ3v) is 2.89. The largest absolute Gasteiger partial charge is 0.482 e. The number of carbonyl (C=O) groups excluding carboxylic acids is 1. The lowest BCUT2D eigenvalue weighted by Gasteiger charge is -2.14. The molecule has 0 spiro atoms. The van der Waals surface area contributed by atoms with E-state index in [0.29, 0.717) is 18.3 Å². The summed E-state index contributed by atoms with van der Waals surface area (Å²) in [7, 11) is 0. The first-order valence-corrected chi connectivity index (χ1v) is 6.42. The van der Waals surface area contributed by atoms with Gasteiger partial charge in [-0.2, -0.15) is 0 Å². The lowest BCUT2D eigenvalue weighted by molar-refractivity contribution is -0.145. The lowest BCUT2D eigenvalue weighted by atomic mass is 10.0. The van der Waals surface area contributed by atoms with Gasteiger partial charge in [-0.1, -0.05) is 25.4 Å². The van der Waals surface area contributed by atoms with E-state index >= 15 is 0 Å². The number of carbonyl (C=O) groups is 1. The van der Waals surface area contributed by atoms with Gasteiger partial charge in [0, 0.05) is 5.02 Å². The maximum atomic E-state index is 11.2. The molecule has 1 aromatic carbocycles. The minimum absolute atomic E-state index is 0.0755. The molecule has 100 valence electrons. The van der Waals surface area contributed by atoms with Crippen LogP contribution in [0.25, 0.3) is 0 Å². The van der Waals surface area contributed by atoms with Crippen molar-refractivity contribution in [2.24, 2.45) is 0 Å². The average molecular weight is 271 g/mol. The number of ether oxygens (including phenoxy) is 2. The summed E-state index contributed by atoms with van der Waals surface area (Å²) in [5.41, 5.74) is 1.93. The van der Waals surface area contributed by atoms with Crippen LogP contribution in [-0.4, -0.2) is 19.2 Å². The maximum absolute atomic E-state index is 11.2. The van der Waals surface area contributed by atoms with E-state index in [-0.39, 0.29) is 12.6 Å². The average Bonchev–Trinajstić information content (AvgIpc) is 2.27. The minimum atomic E-state index is -0.363. The van der Waals surface area contributed by atoms with Crippen molar-refractivity contribution in [1.82, 2.24) is 0 Å². The van der Waals surface area contributed by atoms with Gasteiger partial charge in [0.25, 0.3) is 0 Å². The lowest BCUT2D eigenvalue weighted by Crippen LogP contribution is -2.15. The topological polar surface area (TPSA) is 35.5 Å². The zero-order valence-corrected chi connectivity index (χ0v) is 12.0. The van der Waals surface area contributed by atoms with E-state index in [4.69, 9.17) is 21.1 Å². The van der Waals surface area contributed by atoms with Gasteiger partial charge in [0.2, 0.25) is 0 Å². The van der Waals surface area contributed by atoms with E-state index in [0.717, 1.165) is 16.1 Å². The number of hydrogen-bond donors (Lipinski definition) is 0. The number of halogens is 1. The quantitative estimate of drug-likeness (QED) is 0.765. The van der Waals surface area contributed by atoms with Crippen molar-refractivity contribution in [3.8, 4) is 5.75 Å². The summed E-state index contributed by atoms with van der Waals surface area (Å²) in [6, 6.07) is 3.75. The van der Waals surface area contributed by atoms with Crippen LogP contribution in [0, 0.1) is 6.92 Å². The van der Waals surface area contributed by atoms with Crippen LogP contribution < -0.4 is 4.74 Å². The predicted octanol–water partition coefficient (Wildman–Crippen LogP) is 3.71. The van der Waals surface area contributed by atoms with Crippen LogP contribution in [0.2, 0.25) is 5.02 Å². The van der Waals surface area contributed by atoms with Crippen molar-refractivity contribution in [2.75, 3.05) is 13.2 Å². The van der Waals surface area contributed by atoms with Crippen LogP contribution in [0.15, 0.2) is 12.1 Å². The molecule has 4 heteroatoms. The number of esters is 1. The SMILES string of the molecule is CCOC(=O)COc1cc(C(C)C)c(Cl)cc1C. The molecular weight excluding hydrogens is 252 g/mol. The molecule has 0 aliphatic heterocycles. The first kappa shape index (κ1) is 14.8. The summed E-state index contributed by atoms with van der Waals surface area (Å²) in [6.07, 6.45) is 0. The van der Waals surface area contributed by atoms with Crippen LogP contribution >= 0.6 is 11.6 Å². The Balaban J connectivity index is 2.82. The molecule has 0 saturated heterocycles. The summed E-state index contributed by atoms with van der Waals surface area (Å²) < 4.78 is 10.3. The highest BCUT2D eigenvalue weighted by molar-refractivity contribution is 6.31. The van der Waals surface area contributed by atoms with Crippen LogP contribution in [-0.2, 0) is 9.53 Å². The summed E-state index contributed by atoms with van der Waals surface area (Å²) >= 11 is 6.16. The summed E-state index contributed by atoms with van der Waals surface area (Å²) in [5, 5.41) is 0.728. The molecule has 0 amide bonds. The minimum Gasteiger partial charge on any atom is -0.482 e. The predicted molar refractivity (Wildman–Crippen MR) is 72.4 cm³/mol. The van der Waals surface area contributed by atoms with Crippen LogP contribution in [0.1, 0.15) is 37.8 Å². The van der Waals surface area contributed by atoms with Gasteiger partial charge in [-0.05, 0) is 43.0 Å². The van der Waals surface area contributed by atoms with Gasteiger partial charge in [0.1, 0.15) is 5.75 Å². The Hall–Kier alpha value is -1.22. The molecule has 0 bridgehead atoms. The van der Waals surface area contributed by atoms with Crippen LogP contribution in [0.5, 0.6) is 5.75 Å². The van der Waals surface area contributed by atoms with Crippen molar-refractivity contribution in [2.45, 2.75) is 33.6 Å². The van der Waals surface area contributed by atoms with Gasteiger partial charge in [0.15, 0.2) is 6.61 Å². The standard InChI is InChI=1S/C14H19ClO3/c1-5-17-14(16)8-18-13-7-11(9(2)3)12(15)6-10(13)4/h6-7,9H,5,8H2,1-4H3. The van der Waals surface area contributed by atoms with Gasteiger partial charge in [-0.25, -0.2) is 4.79 Å². The molecule has 0 saturated carbocycles. The normalized spacial score (nSPS) is 10.6. The zero-order chi connectivity index (χ0) is 13.7. The van der Waals surface area contributed by atoms with Gasteiger partial charge < -0.3 is 9.47 Å². The molecule has 1 rings (SSSR count). The van der Waals surface area contributed by atoms with Crippen molar-refractivity contribution in [3.63, 3.8) is 0 Å². The molecule has 3 nitrogen and oxygen atoms in total.